The molecule has 2 aromatic carbocycles. The van der Waals surface area contributed by atoms with E-state index in [4.69, 9.17) is 9.47 Å². The van der Waals surface area contributed by atoms with Crippen molar-refractivity contribution >= 4 is 28.9 Å². The van der Waals surface area contributed by atoms with Crippen molar-refractivity contribution in [2.24, 2.45) is 0 Å². The van der Waals surface area contributed by atoms with Gasteiger partial charge in [0, 0.05) is 35.5 Å². The minimum atomic E-state index is -3.03. The van der Waals surface area contributed by atoms with E-state index in [0.29, 0.717) is 33.5 Å². The van der Waals surface area contributed by atoms with Crippen molar-refractivity contribution in [2.45, 2.75) is 50.6 Å². The Morgan fingerprint density at radius 3 is 2.59 bits per heavy atom. The fourth-order valence-corrected chi connectivity index (χ4v) is 5.06. The van der Waals surface area contributed by atoms with Gasteiger partial charge in [0.25, 0.3) is 0 Å². The van der Waals surface area contributed by atoms with Crippen LogP contribution in [0.15, 0.2) is 59.8 Å². The predicted octanol–water partition coefficient (Wildman–Crippen LogP) is 6.90. The number of rotatable bonds is 5. The molecular formula is C28H27F3N4O3S. The molecule has 0 saturated carbocycles. The van der Waals surface area contributed by atoms with Crippen LogP contribution in [0.2, 0.25) is 0 Å². The Labute approximate surface area is 227 Å². The average molecular weight is 557 g/mol. The number of halogens is 3. The number of alkyl halides is 2. The highest BCUT2D eigenvalue weighted by molar-refractivity contribution is 7.98. The Bertz CT molecular complexity index is 1520. The normalized spacial score (nSPS) is 15.5. The van der Waals surface area contributed by atoms with Gasteiger partial charge in [-0.2, -0.15) is 8.78 Å². The van der Waals surface area contributed by atoms with Gasteiger partial charge in [-0.05, 0) is 45.2 Å². The zero-order valence-electron chi connectivity index (χ0n) is 21.8. The quantitative estimate of drug-likeness (QED) is 0.249. The number of benzene rings is 2. The number of aromatic nitrogens is 3. The first-order valence-electron chi connectivity index (χ1n) is 12.3. The van der Waals surface area contributed by atoms with Gasteiger partial charge in [0.2, 0.25) is 0 Å². The van der Waals surface area contributed by atoms with Crippen molar-refractivity contribution in [3.63, 3.8) is 0 Å². The summed E-state index contributed by atoms with van der Waals surface area (Å²) < 4.78 is 54.2. The van der Waals surface area contributed by atoms with Gasteiger partial charge in [-0.15, -0.1) is 11.8 Å². The summed E-state index contributed by atoms with van der Waals surface area (Å²) in [5, 5.41) is 0.805. The maximum absolute atomic E-state index is 15.3. The highest BCUT2D eigenvalue weighted by Crippen LogP contribution is 2.38. The first kappa shape index (κ1) is 26.9. The van der Waals surface area contributed by atoms with Crippen LogP contribution >= 0.6 is 11.8 Å². The molecule has 5 rings (SSSR count). The van der Waals surface area contributed by atoms with Gasteiger partial charge in [0.1, 0.15) is 23.0 Å². The Morgan fingerprint density at radius 1 is 1.15 bits per heavy atom. The Balaban J connectivity index is 1.67. The van der Waals surface area contributed by atoms with E-state index >= 15 is 4.39 Å². The summed E-state index contributed by atoms with van der Waals surface area (Å²) in [4.78, 5) is 23.5. The molecule has 0 radical (unpaired) electrons. The van der Waals surface area contributed by atoms with Gasteiger partial charge in [0.15, 0.2) is 0 Å². The van der Waals surface area contributed by atoms with Crippen molar-refractivity contribution in [2.75, 3.05) is 12.8 Å². The highest BCUT2D eigenvalue weighted by atomic mass is 32.2. The molecule has 1 atom stereocenters. The van der Waals surface area contributed by atoms with Gasteiger partial charge < -0.3 is 14.0 Å². The minimum Gasteiger partial charge on any atom is -0.444 e. The van der Waals surface area contributed by atoms with E-state index in [1.807, 2.05) is 16.9 Å². The van der Waals surface area contributed by atoms with Crippen LogP contribution in [0, 0.1) is 5.82 Å². The second-order valence-electron chi connectivity index (χ2n) is 10.1. The van der Waals surface area contributed by atoms with Gasteiger partial charge in [-0.1, -0.05) is 24.3 Å². The SMILES string of the molecule is CSc1ccc(-c2cc3c(cc2F)nc2n3C(c3ccccc3OC(F)F)CN(C(=O)OC(C)(C)C)C2)cn1. The Kier molecular flexibility index (Phi) is 7.19. The number of imidazole rings is 1. The minimum absolute atomic E-state index is 0.0180. The molecule has 0 N–H and O–H groups in total. The molecule has 1 aliphatic rings. The van der Waals surface area contributed by atoms with Crippen LogP contribution in [-0.2, 0) is 11.3 Å². The number of fused-ring (bicyclic) bond motifs is 3. The number of carbonyl (C=O) groups excluding carboxylic acids is 1. The molecule has 3 heterocycles. The van der Waals surface area contributed by atoms with Crippen molar-refractivity contribution in [3.8, 4) is 16.9 Å². The van der Waals surface area contributed by atoms with E-state index in [2.05, 4.69) is 9.97 Å². The molecule has 0 aliphatic carbocycles. The van der Waals surface area contributed by atoms with Gasteiger partial charge in [0.05, 0.1) is 28.6 Å². The maximum Gasteiger partial charge on any atom is 0.410 e. The van der Waals surface area contributed by atoms with Gasteiger partial charge >= 0.3 is 12.7 Å². The largest absolute Gasteiger partial charge is 0.444 e. The standard InChI is InChI=1S/C28H27F3N4O3S/c1-28(2,3)38-27(36)34-14-22(17-7-5-6-8-23(17)37-26(30)31)35-21-11-18(16-9-10-25(39-4)32-13-16)19(29)12-20(21)33-24(35)15-34/h5-13,22,26H,14-15H2,1-4H3. The molecular weight excluding hydrogens is 529 g/mol. The van der Waals surface area contributed by atoms with E-state index in [9.17, 15) is 13.6 Å². The summed E-state index contributed by atoms with van der Waals surface area (Å²) >= 11 is 1.48. The number of carbonyl (C=O) groups is 1. The lowest BCUT2D eigenvalue weighted by atomic mass is 10.0. The maximum atomic E-state index is 15.3. The third-order valence-corrected chi connectivity index (χ3v) is 6.95. The van der Waals surface area contributed by atoms with Crippen LogP contribution in [0.4, 0.5) is 18.0 Å². The van der Waals surface area contributed by atoms with Crippen molar-refractivity contribution in [1.29, 1.82) is 0 Å². The molecule has 4 aromatic rings. The zero-order valence-corrected chi connectivity index (χ0v) is 22.6. The Hall–Kier alpha value is -3.73. The number of hydrogen-bond donors (Lipinski definition) is 0. The van der Waals surface area contributed by atoms with Crippen LogP contribution in [0.1, 0.15) is 38.2 Å². The summed E-state index contributed by atoms with van der Waals surface area (Å²) in [6.07, 6.45) is 2.95. The lowest BCUT2D eigenvalue weighted by Crippen LogP contribution is -2.44. The molecule has 1 amide bonds. The fraction of sp³-hybridized carbons (Fsp3) is 0.321. The highest BCUT2D eigenvalue weighted by Gasteiger charge is 2.35. The second-order valence-corrected chi connectivity index (χ2v) is 10.9. The third kappa shape index (κ3) is 5.54. The molecule has 1 aliphatic heterocycles. The number of amides is 1. The van der Waals surface area contributed by atoms with Crippen molar-refractivity contribution in [3.05, 3.63) is 71.9 Å². The molecule has 0 spiro atoms. The Morgan fingerprint density at radius 2 is 1.92 bits per heavy atom. The molecule has 7 nitrogen and oxygen atoms in total. The van der Waals surface area contributed by atoms with Crippen LogP contribution in [-0.4, -0.2) is 50.5 Å². The third-order valence-electron chi connectivity index (χ3n) is 6.29. The molecule has 11 heteroatoms. The first-order chi connectivity index (χ1) is 18.5. The molecule has 204 valence electrons. The van der Waals surface area contributed by atoms with Gasteiger partial charge in [-0.25, -0.2) is 19.2 Å². The van der Waals surface area contributed by atoms with E-state index in [-0.39, 0.29) is 18.8 Å². The summed E-state index contributed by atoms with van der Waals surface area (Å²) in [6.45, 7) is 2.45. The molecule has 39 heavy (non-hydrogen) atoms. The molecule has 0 saturated heterocycles. The summed E-state index contributed by atoms with van der Waals surface area (Å²) in [7, 11) is 0. The molecule has 0 bridgehead atoms. The van der Waals surface area contributed by atoms with E-state index in [1.165, 1.54) is 28.8 Å². The number of para-hydroxylation sites is 1. The first-order valence-corrected chi connectivity index (χ1v) is 13.5. The van der Waals surface area contributed by atoms with Crippen LogP contribution < -0.4 is 4.74 Å². The monoisotopic (exact) mass is 556 g/mol. The van der Waals surface area contributed by atoms with Gasteiger partial charge in [-0.3, -0.25) is 4.90 Å². The predicted molar refractivity (Wildman–Crippen MR) is 143 cm³/mol. The molecule has 0 fully saturated rings. The summed E-state index contributed by atoms with van der Waals surface area (Å²) in [5.74, 6) is -0.0273. The number of thioether (sulfide) groups is 1. The lowest BCUT2D eigenvalue weighted by Gasteiger charge is -2.36. The fourth-order valence-electron chi connectivity index (χ4n) is 4.69. The number of pyridine rings is 1. The average Bonchev–Trinajstić information content (AvgIpc) is 3.24. The van der Waals surface area contributed by atoms with E-state index in [1.54, 1.807) is 57.3 Å². The van der Waals surface area contributed by atoms with Crippen LogP contribution in [0.5, 0.6) is 5.75 Å². The van der Waals surface area contributed by atoms with E-state index in [0.717, 1.165) is 5.03 Å². The van der Waals surface area contributed by atoms with Crippen molar-refractivity contribution in [1.82, 2.24) is 19.4 Å². The van der Waals surface area contributed by atoms with Crippen molar-refractivity contribution < 1.29 is 27.4 Å². The molecule has 1 unspecified atom stereocenters. The smallest absolute Gasteiger partial charge is 0.410 e. The summed E-state index contributed by atoms with van der Waals surface area (Å²) in [5.41, 5.74) is 1.59. The number of ether oxygens (including phenoxy) is 2. The van der Waals surface area contributed by atoms with E-state index < -0.39 is 30.2 Å². The second kappa shape index (κ2) is 10.4. The zero-order chi connectivity index (χ0) is 27.9. The lowest BCUT2D eigenvalue weighted by molar-refractivity contribution is -0.0509. The number of hydrogen-bond acceptors (Lipinski definition) is 6. The number of nitrogens with zero attached hydrogens (tertiary/aromatic N) is 4. The summed E-state index contributed by atoms with van der Waals surface area (Å²) in [6, 6.07) is 12.4. The topological polar surface area (TPSA) is 69.5 Å². The molecule has 2 aromatic heterocycles. The van der Waals surface area contributed by atoms with Crippen LogP contribution in [0.3, 0.4) is 0 Å². The van der Waals surface area contributed by atoms with Crippen LogP contribution in [0.25, 0.3) is 22.2 Å².